The molecule has 1 unspecified atom stereocenters. The van der Waals surface area contributed by atoms with Crippen molar-refractivity contribution >= 4 is 0 Å². The molecule has 112 valence electrons. The minimum atomic E-state index is 0.563. The zero-order valence-electron chi connectivity index (χ0n) is 13.5. The highest BCUT2D eigenvalue weighted by Crippen LogP contribution is 2.40. The van der Waals surface area contributed by atoms with Gasteiger partial charge in [-0.1, -0.05) is 33.6 Å². The van der Waals surface area contributed by atoms with Crippen molar-refractivity contribution in [2.75, 3.05) is 33.2 Å². The summed E-state index contributed by atoms with van der Waals surface area (Å²) in [5.74, 6) is 2.75. The molecule has 2 rings (SSSR count). The normalized spacial score (nSPS) is 37.1. The number of hydrogen-bond donors (Lipinski definition) is 1. The lowest BCUT2D eigenvalue weighted by molar-refractivity contribution is 0.0972. The summed E-state index contributed by atoms with van der Waals surface area (Å²) in [6, 6.07) is 0. The van der Waals surface area contributed by atoms with Gasteiger partial charge in [-0.2, -0.15) is 0 Å². The Kier molecular flexibility index (Phi) is 5.30. The van der Waals surface area contributed by atoms with E-state index in [0.29, 0.717) is 5.41 Å². The highest BCUT2D eigenvalue weighted by Gasteiger charge is 2.37. The monoisotopic (exact) mass is 266 g/mol. The number of nitrogens with one attached hydrogen (secondary N) is 1. The van der Waals surface area contributed by atoms with E-state index in [1.54, 1.807) is 0 Å². The lowest BCUT2D eigenvalue weighted by Crippen LogP contribution is -2.45. The Hall–Kier alpha value is -0.0800. The minimum absolute atomic E-state index is 0.563. The summed E-state index contributed by atoms with van der Waals surface area (Å²) in [6.45, 7) is 12.4. The van der Waals surface area contributed by atoms with Gasteiger partial charge in [0.1, 0.15) is 0 Å². The molecule has 0 aromatic carbocycles. The molecule has 1 N–H and O–H groups in total. The SMILES string of the molecule is CNCC1(CN2CCC(C(C)C)C2)CCC(C)CC1. The van der Waals surface area contributed by atoms with Gasteiger partial charge in [-0.3, -0.25) is 0 Å². The molecule has 0 aromatic heterocycles. The average molecular weight is 266 g/mol. The van der Waals surface area contributed by atoms with Crippen LogP contribution in [-0.4, -0.2) is 38.1 Å². The quantitative estimate of drug-likeness (QED) is 0.820. The van der Waals surface area contributed by atoms with Crippen LogP contribution in [0.25, 0.3) is 0 Å². The van der Waals surface area contributed by atoms with Gasteiger partial charge in [0, 0.05) is 19.6 Å². The lowest BCUT2D eigenvalue weighted by atomic mass is 9.70. The van der Waals surface area contributed by atoms with E-state index in [2.05, 4.69) is 38.0 Å². The van der Waals surface area contributed by atoms with Crippen LogP contribution in [0.5, 0.6) is 0 Å². The molecule has 2 aliphatic rings. The maximum Gasteiger partial charge on any atom is 0.00503 e. The fourth-order valence-electron chi connectivity index (χ4n) is 4.17. The van der Waals surface area contributed by atoms with Crippen molar-refractivity contribution < 1.29 is 0 Å². The first-order chi connectivity index (χ1) is 9.04. The van der Waals surface area contributed by atoms with Crippen molar-refractivity contribution in [3.8, 4) is 0 Å². The molecule has 1 aliphatic carbocycles. The molecule has 1 heterocycles. The molecule has 1 saturated heterocycles. The fourth-order valence-corrected chi connectivity index (χ4v) is 4.17. The second-order valence-corrected chi connectivity index (χ2v) is 7.74. The Morgan fingerprint density at radius 2 is 1.89 bits per heavy atom. The van der Waals surface area contributed by atoms with E-state index < -0.39 is 0 Å². The van der Waals surface area contributed by atoms with E-state index in [1.807, 2.05) is 0 Å². The predicted molar refractivity (Wildman–Crippen MR) is 83.4 cm³/mol. The van der Waals surface area contributed by atoms with Crippen LogP contribution in [0.4, 0.5) is 0 Å². The van der Waals surface area contributed by atoms with Gasteiger partial charge < -0.3 is 10.2 Å². The Morgan fingerprint density at radius 1 is 1.21 bits per heavy atom. The highest BCUT2D eigenvalue weighted by atomic mass is 15.2. The third kappa shape index (κ3) is 3.95. The van der Waals surface area contributed by atoms with Gasteiger partial charge in [-0.15, -0.1) is 0 Å². The zero-order chi connectivity index (χ0) is 13.9. The summed E-state index contributed by atoms with van der Waals surface area (Å²) in [5, 5.41) is 3.47. The van der Waals surface area contributed by atoms with Crippen LogP contribution < -0.4 is 5.32 Å². The number of likely N-dealkylation sites (tertiary alicyclic amines) is 1. The molecule has 1 atom stereocenters. The third-order valence-corrected chi connectivity index (χ3v) is 5.70. The minimum Gasteiger partial charge on any atom is -0.319 e. The summed E-state index contributed by atoms with van der Waals surface area (Å²) in [5.41, 5.74) is 0.563. The van der Waals surface area contributed by atoms with E-state index in [0.717, 1.165) is 17.8 Å². The van der Waals surface area contributed by atoms with Crippen LogP contribution in [-0.2, 0) is 0 Å². The van der Waals surface area contributed by atoms with Crippen molar-refractivity contribution in [1.82, 2.24) is 10.2 Å². The van der Waals surface area contributed by atoms with E-state index in [4.69, 9.17) is 0 Å². The Morgan fingerprint density at radius 3 is 2.42 bits per heavy atom. The van der Waals surface area contributed by atoms with Crippen LogP contribution in [0, 0.1) is 23.2 Å². The second kappa shape index (κ2) is 6.58. The first-order valence-electron chi connectivity index (χ1n) is 8.41. The van der Waals surface area contributed by atoms with Crippen molar-refractivity contribution in [3.05, 3.63) is 0 Å². The summed E-state index contributed by atoms with van der Waals surface area (Å²) in [4.78, 5) is 2.76. The molecule has 0 radical (unpaired) electrons. The second-order valence-electron chi connectivity index (χ2n) is 7.74. The molecular formula is C17H34N2. The molecule has 19 heavy (non-hydrogen) atoms. The standard InChI is InChI=1S/C17H34N2/c1-14(2)16-7-10-19(11-16)13-17(12-18-4)8-5-15(3)6-9-17/h14-16,18H,5-13H2,1-4H3. The van der Waals surface area contributed by atoms with E-state index in [-0.39, 0.29) is 0 Å². The largest absolute Gasteiger partial charge is 0.319 e. The first kappa shape index (κ1) is 15.3. The molecule has 0 amide bonds. The molecule has 0 aromatic rings. The molecular weight excluding hydrogens is 232 g/mol. The maximum atomic E-state index is 3.47. The van der Waals surface area contributed by atoms with E-state index >= 15 is 0 Å². The molecule has 2 fully saturated rings. The Labute approximate surface area is 120 Å². The van der Waals surface area contributed by atoms with E-state index in [1.165, 1.54) is 58.3 Å². The summed E-state index contributed by atoms with van der Waals surface area (Å²) >= 11 is 0. The van der Waals surface area contributed by atoms with Crippen LogP contribution in [0.1, 0.15) is 52.9 Å². The Balaban J connectivity index is 1.90. The Bertz CT molecular complexity index is 266. The van der Waals surface area contributed by atoms with Gasteiger partial charge in [0.05, 0.1) is 0 Å². The van der Waals surface area contributed by atoms with Crippen molar-refractivity contribution in [1.29, 1.82) is 0 Å². The zero-order valence-corrected chi connectivity index (χ0v) is 13.5. The molecule has 1 aliphatic heterocycles. The average Bonchev–Trinajstić information content (AvgIpc) is 2.82. The maximum absolute atomic E-state index is 3.47. The van der Waals surface area contributed by atoms with Crippen molar-refractivity contribution in [3.63, 3.8) is 0 Å². The third-order valence-electron chi connectivity index (χ3n) is 5.70. The van der Waals surface area contributed by atoms with Crippen LogP contribution in [0.2, 0.25) is 0 Å². The topological polar surface area (TPSA) is 15.3 Å². The summed E-state index contributed by atoms with van der Waals surface area (Å²) in [7, 11) is 2.13. The number of nitrogens with zero attached hydrogens (tertiary/aromatic N) is 1. The fraction of sp³-hybridized carbons (Fsp3) is 1.00. The number of rotatable bonds is 5. The summed E-state index contributed by atoms with van der Waals surface area (Å²) in [6.07, 6.45) is 7.14. The molecule has 0 bridgehead atoms. The van der Waals surface area contributed by atoms with E-state index in [9.17, 15) is 0 Å². The van der Waals surface area contributed by atoms with Crippen molar-refractivity contribution in [2.24, 2.45) is 23.2 Å². The van der Waals surface area contributed by atoms with Gasteiger partial charge >= 0.3 is 0 Å². The van der Waals surface area contributed by atoms with Crippen LogP contribution >= 0.6 is 0 Å². The van der Waals surface area contributed by atoms with Crippen molar-refractivity contribution in [2.45, 2.75) is 52.9 Å². The number of hydrogen-bond acceptors (Lipinski definition) is 2. The summed E-state index contributed by atoms with van der Waals surface area (Å²) < 4.78 is 0. The smallest absolute Gasteiger partial charge is 0.00503 e. The van der Waals surface area contributed by atoms with Crippen LogP contribution in [0.3, 0.4) is 0 Å². The molecule has 1 saturated carbocycles. The van der Waals surface area contributed by atoms with Gasteiger partial charge in [0.2, 0.25) is 0 Å². The first-order valence-corrected chi connectivity index (χ1v) is 8.41. The van der Waals surface area contributed by atoms with Gasteiger partial charge in [-0.25, -0.2) is 0 Å². The molecule has 0 spiro atoms. The van der Waals surface area contributed by atoms with Gasteiger partial charge in [0.25, 0.3) is 0 Å². The van der Waals surface area contributed by atoms with Gasteiger partial charge in [0.15, 0.2) is 0 Å². The highest BCUT2D eigenvalue weighted by molar-refractivity contribution is 4.91. The predicted octanol–water partition coefficient (Wildman–Crippen LogP) is 3.38. The van der Waals surface area contributed by atoms with Gasteiger partial charge in [-0.05, 0) is 56.0 Å². The molecule has 2 nitrogen and oxygen atoms in total. The lowest BCUT2D eigenvalue weighted by Gasteiger charge is -2.42. The van der Waals surface area contributed by atoms with Crippen LogP contribution in [0.15, 0.2) is 0 Å². The molecule has 2 heteroatoms.